The normalized spacial score (nSPS) is 21.3. The Kier molecular flexibility index (Phi) is 5.22. The van der Waals surface area contributed by atoms with E-state index in [-0.39, 0.29) is 16.6 Å². The molecule has 1 aromatic heterocycles. The van der Waals surface area contributed by atoms with E-state index in [4.69, 9.17) is 0 Å². The Morgan fingerprint density at radius 1 is 1.18 bits per heavy atom. The van der Waals surface area contributed by atoms with Gasteiger partial charge < -0.3 is 4.90 Å². The first-order valence-electron chi connectivity index (χ1n) is 9.17. The molecule has 1 fully saturated rings. The van der Waals surface area contributed by atoms with Crippen molar-refractivity contribution in [2.45, 2.75) is 24.4 Å². The number of amides is 1. The average molecular weight is 419 g/mol. The fourth-order valence-corrected chi connectivity index (χ4v) is 5.48. The summed E-state index contributed by atoms with van der Waals surface area (Å²) >= 11 is 1.74. The maximum Gasteiger partial charge on any atom is 0.263 e. The SMILES string of the molecule is C[C@H](N=C1NS(=O)(=O)c2ccccc21)C(=O)N1CCN(Cc2cccs2)CC1. The third kappa shape index (κ3) is 3.82. The van der Waals surface area contributed by atoms with Gasteiger partial charge in [-0.2, -0.15) is 0 Å². The van der Waals surface area contributed by atoms with E-state index in [9.17, 15) is 13.2 Å². The highest BCUT2D eigenvalue weighted by Gasteiger charge is 2.32. The van der Waals surface area contributed by atoms with Gasteiger partial charge in [-0.25, -0.2) is 8.42 Å². The first kappa shape index (κ1) is 19.1. The fourth-order valence-electron chi connectivity index (χ4n) is 3.49. The summed E-state index contributed by atoms with van der Waals surface area (Å²) in [5.41, 5.74) is 0.517. The molecule has 2 aromatic rings. The third-order valence-electron chi connectivity index (χ3n) is 4.99. The lowest BCUT2D eigenvalue weighted by atomic mass is 10.2. The second-order valence-corrected chi connectivity index (χ2v) is 9.62. The number of fused-ring (bicyclic) bond motifs is 1. The Balaban J connectivity index is 1.40. The minimum Gasteiger partial charge on any atom is -0.338 e. The molecule has 7 nitrogen and oxygen atoms in total. The molecule has 28 heavy (non-hydrogen) atoms. The van der Waals surface area contributed by atoms with E-state index in [1.54, 1.807) is 42.5 Å². The molecule has 2 aliphatic heterocycles. The molecule has 1 N–H and O–H groups in total. The fraction of sp³-hybridized carbons (Fsp3) is 0.368. The van der Waals surface area contributed by atoms with E-state index in [1.165, 1.54) is 4.88 Å². The molecule has 0 saturated carbocycles. The van der Waals surface area contributed by atoms with Crippen LogP contribution < -0.4 is 4.72 Å². The highest BCUT2D eigenvalue weighted by molar-refractivity contribution is 7.90. The van der Waals surface area contributed by atoms with Gasteiger partial charge >= 0.3 is 0 Å². The van der Waals surface area contributed by atoms with Crippen molar-refractivity contribution in [3.63, 3.8) is 0 Å². The van der Waals surface area contributed by atoms with Crippen LogP contribution in [0.4, 0.5) is 0 Å². The largest absolute Gasteiger partial charge is 0.338 e. The summed E-state index contributed by atoms with van der Waals surface area (Å²) in [6.45, 7) is 5.58. The van der Waals surface area contributed by atoms with Crippen molar-refractivity contribution in [3.8, 4) is 0 Å². The lowest BCUT2D eigenvalue weighted by molar-refractivity contribution is -0.133. The zero-order valence-electron chi connectivity index (χ0n) is 15.5. The van der Waals surface area contributed by atoms with Crippen molar-refractivity contribution in [2.75, 3.05) is 26.2 Å². The highest BCUT2D eigenvalue weighted by atomic mass is 32.2. The molecule has 148 valence electrons. The maximum atomic E-state index is 12.8. The van der Waals surface area contributed by atoms with Gasteiger partial charge in [0.05, 0.1) is 4.90 Å². The van der Waals surface area contributed by atoms with E-state index in [2.05, 4.69) is 32.1 Å². The quantitative estimate of drug-likeness (QED) is 0.816. The highest BCUT2D eigenvalue weighted by Crippen LogP contribution is 2.23. The summed E-state index contributed by atoms with van der Waals surface area (Å²) in [7, 11) is -3.59. The molecule has 0 unspecified atom stereocenters. The second-order valence-electron chi connectivity index (χ2n) is 6.94. The van der Waals surface area contributed by atoms with E-state index in [0.717, 1.165) is 19.6 Å². The molecule has 4 rings (SSSR count). The number of nitrogens with one attached hydrogen (secondary N) is 1. The maximum absolute atomic E-state index is 12.8. The number of piperazine rings is 1. The minimum atomic E-state index is -3.59. The molecule has 3 heterocycles. The predicted octanol–water partition coefficient (Wildman–Crippen LogP) is 1.52. The average Bonchev–Trinajstić information content (AvgIpc) is 3.28. The molecule has 1 saturated heterocycles. The van der Waals surface area contributed by atoms with Crippen LogP contribution in [-0.4, -0.2) is 62.2 Å². The molecule has 1 aromatic carbocycles. The van der Waals surface area contributed by atoms with Gasteiger partial charge in [0.15, 0.2) is 0 Å². The van der Waals surface area contributed by atoms with Crippen LogP contribution in [-0.2, 0) is 21.4 Å². The number of benzene rings is 1. The molecule has 0 radical (unpaired) electrons. The number of thiophene rings is 1. The Hall–Kier alpha value is -2.23. The number of hydrogen-bond donors (Lipinski definition) is 1. The molecule has 9 heteroatoms. The molecular weight excluding hydrogens is 396 g/mol. The number of rotatable bonds is 4. The number of amidine groups is 1. The molecule has 2 aliphatic rings. The van der Waals surface area contributed by atoms with E-state index < -0.39 is 16.1 Å². The van der Waals surface area contributed by atoms with Gasteiger partial charge in [0, 0.05) is 43.2 Å². The molecular formula is C19H22N4O3S2. The van der Waals surface area contributed by atoms with Crippen LogP contribution in [0.3, 0.4) is 0 Å². The second kappa shape index (κ2) is 7.65. The Morgan fingerprint density at radius 2 is 1.93 bits per heavy atom. The lowest BCUT2D eigenvalue weighted by Crippen LogP contribution is -2.50. The standard InChI is InChI=1S/C19H22N4O3S2/c1-14(20-18-16-6-2-3-7-17(16)28(25,26)21-18)19(24)23-10-8-22(9-11-23)13-15-5-4-12-27-15/h2-7,12,14H,8-11,13H2,1H3,(H,20,21)/t14-/m0/s1. The minimum absolute atomic E-state index is 0.0770. The van der Waals surface area contributed by atoms with Crippen molar-refractivity contribution < 1.29 is 13.2 Å². The van der Waals surface area contributed by atoms with E-state index in [0.29, 0.717) is 18.7 Å². The summed E-state index contributed by atoms with van der Waals surface area (Å²) in [6, 6.07) is 10.2. The van der Waals surface area contributed by atoms with Crippen LogP contribution in [0, 0.1) is 0 Å². The monoisotopic (exact) mass is 418 g/mol. The first-order chi connectivity index (χ1) is 13.4. The Bertz CT molecular complexity index is 994. The van der Waals surface area contributed by atoms with Crippen LogP contribution >= 0.6 is 11.3 Å². The van der Waals surface area contributed by atoms with Gasteiger partial charge in [0.25, 0.3) is 10.0 Å². The zero-order chi connectivity index (χ0) is 19.7. The number of carbonyl (C=O) groups is 1. The van der Waals surface area contributed by atoms with Gasteiger partial charge in [-0.1, -0.05) is 18.2 Å². The van der Waals surface area contributed by atoms with Crippen molar-refractivity contribution in [2.24, 2.45) is 4.99 Å². The van der Waals surface area contributed by atoms with E-state index >= 15 is 0 Å². The molecule has 0 bridgehead atoms. The summed E-state index contributed by atoms with van der Waals surface area (Å²) in [6.07, 6.45) is 0. The van der Waals surface area contributed by atoms with Gasteiger partial charge in [-0.15, -0.1) is 11.3 Å². The summed E-state index contributed by atoms with van der Waals surface area (Å²) < 4.78 is 26.8. The molecule has 0 aliphatic carbocycles. The van der Waals surface area contributed by atoms with E-state index in [1.807, 2.05) is 4.90 Å². The van der Waals surface area contributed by atoms with Crippen molar-refractivity contribution in [3.05, 3.63) is 52.2 Å². The number of sulfonamides is 1. The van der Waals surface area contributed by atoms with Gasteiger partial charge in [-0.05, 0) is 30.5 Å². The smallest absolute Gasteiger partial charge is 0.263 e. The number of nitrogens with zero attached hydrogens (tertiary/aromatic N) is 3. The number of carbonyl (C=O) groups excluding carboxylic acids is 1. The van der Waals surface area contributed by atoms with Crippen molar-refractivity contribution in [1.29, 1.82) is 0 Å². The van der Waals surface area contributed by atoms with Crippen LogP contribution in [0.25, 0.3) is 0 Å². The van der Waals surface area contributed by atoms with Gasteiger partial charge in [0.2, 0.25) is 5.91 Å². The lowest BCUT2D eigenvalue weighted by Gasteiger charge is -2.35. The number of aliphatic imine (C=N–C) groups is 1. The van der Waals surface area contributed by atoms with Crippen LogP contribution in [0.15, 0.2) is 51.7 Å². The van der Waals surface area contributed by atoms with Gasteiger partial charge in [0.1, 0.15) is 11.9 Å². The topological polar surface area (TPSA) is 82.1 Å². The summed E-state index contributed by atoms with van der Waals surface area (Å²) in [5, 5.41) is 2.07. The zero-order valence-corrected chi connectivity index (χ0v) is 17.2. The first-order valence-corrected chi connectivity index (χ1v) is 11.5. The van der Waals surface area contributed by atoms with Gasteiger partial charge in [-0.3, -0.25) is 19.4 Å². The Morgan fingerprint density at radius 3 is 2.64 bits per heavy atom. The Labute approximate surface area is 168 Å². The van der Waals surface area contributed by atoms with Crippen LogP contribution in [0.1, 0.15) is 17.4 Å². The predicted molar refractivity (Wildman–Crippen MR) is 109 cm³/mol. The van der Waals surface area contributed by atoms with Crippen LogP contribution in [0.5, 0.6) is 0 Å². The molecule has 1 atom stereocenters. The van der Waals surface area contributed by atoms with Crippen molar-refractivity contribution in [1.82, 2.24) is 14.5 Å². The summed E-state index contributed by atoms with van der Waals surface area (Å²) in [4.78, 5) is 22.9. The van der Waals surface area contributed by atoms with Crippen LogP contribution in [0.2, 0.25) is 0 Å². The summed E-state index contributed by atoms with van der Waals surface area (Å²) in [5.74, 6) is 0.166. The molecule has 0 spiro atoms. The van der Waals surface area contributed by atoms with Crippen molar-refractivity contribution >= 4 is 33.1 Å². The molecule has 1 amide bonds. The third-order valence-corrected chi connectivity index (χ3v) is 7.24. The number of hydrogen-bond acceptors (Lipinski definition) is 6.